The third kappa shape index (κ3) is 4.70. The lowest BCUT2D eigenvalue weighted by atomic mass is 10.2. The molecule has 1 aromatic carbocycles. The van der Waals surface area contributed by atoms with Crippen molar-refractivity contribution >= 4 is 23.9 Å². The topological polar surface area (TPSA) is 120 Å². The van der Waals surface area contributed by atoms with Gasteiger partial charge < -0.3 is 0 Å². The molecule has 0 bridgehead atoms. The van der Waals surface area contributed by atoms with Crippen LogP contribution in [0.2, 0.25) is 0 Å². The van der Waals surface area contributed by atoms with Crippen LogP contribution in [0.25, 0.3) is 0 Å². The van der Waals surface area contributed by atoms with Crippen molar-refractivity contribution in [1.29, 1.82) is 0 Å². The molecule has 2 aromatic rings. The molecule has 0 spiro atoms. The summed E-state index contributed by atoms with van der Waals surface area (Å²) in [5.41, 5.74) is 2.98. The number of hydrogen-bond acceptors (Lipinski definition) is 6. The van der Waals surface area contributed by atoms with Crippen LogP contribution in [0.1, 0.15) is 11.1 Å². The van der Waals surface area contributed by atoms with Crippen LogP contribution in [-0.4, -0.2) is 33.1 Å². The molecule has 0 fully saturated rings. The summed E-state index contributed by atoms with van der Waals surface area (Å²) >= 11 is 0.902. The van der Waals surface area contributed by atoms with Crippen molar-refractivity contribution in [3.05, 3.63) is 56.2 Å². The van der Waals surface area contributed by atoms with E-state index >= 15 is 0 Å². The smallest absolute Gasteiger partial charge is 0.272 e. The van der Waals surface area contributed by atoms with Gasteiger partial charge in [0.15, 0.2) is 5.03 Å². The molecule has 3 N–H and O–H groups in total. The minimum absolute atomic E-state index is 0.0115. The summed E-state index contributed by atoms with van der Waals surface area (Å²) in [6.45, 7) is 1.96. The van der Waals surface area contributed by atoms with E-state index in [-0.39, 0.29) is 16.7 Å². The summed E-state index contributed by atoms with van der Waals surface area (Å²) in [7, 11) is 0. The molecule has 2 rings (SSSR count). The molecule has 0 aliphatic carbocycles. The maximum absolute atomic E-state index is 11.6. The maximum atomic E-state index is 11.6. The Kier molecular flexibility index (Phi) is 5.26. The molecule has 1 amide bonds. The lowest BCUT2D eigenvalue weighted by Crippen LogP contribution is -2.26. The van der Waals surface area contributed by atoms with Gasteiger partial charge in [-0.15, -0.1) is 0 Å². The average Bonchev–Trinajstić information content (AvgIpc) is 2.46. The van der Waals surface area contributed by atoms with Gasteiger partial charge in [0.2, 0.25) is 5.91 Å². The number of aryl methyl sites for hydroxylation is 1. The van der Waals surface area contributed by atoms with E-state index in [1.807, 2.05) is 36.2 Å². The zero-order valence-corrected chi connectivity index (χ0v) is 12.4. The van der Waals surface area contributed by atoms with Crippen LogP contribution < -0.4 is 16.7 Å². The molecule has 0 saturated carbocycles. The number of rotatable bonds is 5. The van der Waals surface area contributed by atoms with E-state index in [2.05, 4.69) is 20.7 Å². The number of H-pyrrole nitrogens is 2. The van der Waals surface area contributed by atoms with Crippen LogP contribution in [0.15, 0.2) is 44.0 Å². The maximum Gasteiger partial charge on any atom is 0.342 e. The van der Waals surface area contributed by atoms with E-state index in [0.29, 0.717) is 0 Å². The molecular formula is C13H13N5O3S. The Balaban J connectivity index is 1.85. The number of amides is 1. The normalized spacial score (nSPS) is 10.8. The summed E-state index contributed by atoms with van der Waals surface area (Å²) in [6.07, 6.45) is 1.53. The minimum atomic E-state index is -0.693. The molecule has 0 unspecified atom stereocenters. The third-order valence-corrected chi connectivity index (χ3v) is 3.42. The first-order valence-corrected chi connectivity index (χ1v) is 7.23. The van der Waals surface area contributed by atoms with Gasteiger partial charge in [-0.05, 0) is 12.5 Å². The summed E-state index contributed by atoms with van der Waals surface area (Å²) in [5, 5.41) is 9.48. The van der Waals surface area contributed by atoms with E-state index in [1.54, 1.807) is 0 Å². The second-order valence-electron chi connectivity index (χ2n) is 4.31. The van der Waals surface area contributed by atoms with E-state index in [0.717, 1.165) is 22.9 Å². The Labute approximate surface area is 129 Å². The molecule has 1 aromatic heterocycles. The second-order valence-corrected chi connectivity index (χ2v) is 5.27. The van der Waals surface area contributed by atoms with Crippen molar-refractivity contribution in [3.63, 3.8) is 0 Å². The molecule has 22 heavy (non-hydrogen) atoms. The van der Waals surface area contributed by atoms with Crippen molar-refractivity contribution in [2.24, 2.45) is 5.10 Å². The number of nitrogens with one attached hydrogen (secondary N) is 3. The monoisotopic (exact) mass is 319 g/mol. The molecule has 9 heteroatoms. The van der Waals surface area contributed by atoms with Gasteiger partial charge in [-0.25, -0.2) is 15.3 Å². The van der Waals surface area contributed by atoms with Crippen LogP contribution in [0.3, 0.4) is 0 Å². The molecule has 8 nitrogen and oxygen atoms in total. The summed E-state index contributed by atoms with van der Waals surface area (Å²) in [6, 6.07) is 7.64. The predicted octanol–water partition coefficient (Wildman–Crippen LogP) is 0.00902. The molecule has 0 saturated heterocycles. The zero-order valence-electron chi connectivity index (χ0n) is 11.6. The molecule has 1 heterocycles. The van der Waals surface area contributed by atoms with Gasteiger partial charge in [0.05, 0.1) is 12.0 Å². The minimum Gasteiger partial charge on any atom is -0.272 e. The van der Waals surface area contributed by atoms with E-state index in [1.165, 1.54) is 6.21 Å². The van der Waals surface area contributed by atoms with E-state index < -0.39 is 11.2 Å². The van der Waals surface area contributed by atoms with Crippen molar-refractivity contribution in [2.75, 3.05) is 5.75 Å². The number of benzene rings is 1. The van der Waals surface area contributed by atoms with Crippen molar-refractivity contribution < 1.29 is 4.79 Å². The third-order valence-electron chi connectivity index (χ3n) is 2.47. The Hall–Kier alpha value is -2.68. The highest BCUT2D eigenvalue weighted by Crippen LogP contribution is 2.07. The first-order valence-electron chi connectivity index (χ1n) is 6.25. The second kappa shape index (κ2) is 7.36. The fourth-order valence-electron chi connectivity index (χ4n) is 1.53. The van der Waals surface area contributed by atoms with Crippen LogP contribution in [-0.2, 0) is 4.79 Å². The summed E-state index contributed by atoms with van der Waals surface area (Å²) in [5.74, 6) is -0.436. The Morgan fingerprint density at radius 3 is 3.00 bits per heavy atom. The standard InChI is InChI=1S/C13H13N5O3S/c1-8-3-2-4-9(5-8)6-14-16-10(19)7-22-12-11(20)15-13(21)18-17-12/h2-6H,7H2,1H3,(H,16,19)(H2,15,18,20,21)/b14-6+. The number of aromatic nitrogens is 3. The average molecular weight is 319 g/mol. The summed E-state index contributed by atoms with van der Waals surface area (Å²) < 4.78 is 0. The first-order chi connectivity index (χ1) is 10.5. The molecule has 0 atom stereocenters. The number of nitrogens with zero attached hydrogens (tertiary/aromatic N) is 2. The first kappa shape index (κ1) is 15.7. The quantitative estimate of drug-likeness (QED) is 0.407. The number of carbonyl (C=O) groups excluding carboxylic acids is 1. The molecule has 114 valence electrons. The highest BCUT2D eigenvalue weighted by molar-refractivity contribution is 7.99. The lowest BCUT2D eigenvalue weighted by molar-refractivity contribution is -0.118. The number of hydrazone groups is 1. The molecule has 0 aliphatic rings. The number of carbonyl (C=O) groups is 1. The lowest BCUT2D eigenvalue weighted by Gasteiger charge is -1.99. The van der Waals surface area contributed by atoms with Crippen LogP contribution in [0, 0.1) is 6.92 Å². The predicted molar refractivity (Wildman–Crippen MR) is 83.1 cm³/mol. The van der Waals surface area contributed by atoms with E-state index in [4.69, 9.17) is 0 Å². The van der Waals surface area contributed by atoms with Gasteiger partial charge in [-0.3, -0.25) is 14.6 Å². The van der Waals surface area contributed by atoms with Crippen molar-refractivity contribution in [2.45, 2.75) is 11.9 Å². The number of hydrogen-bond donors (Lipinski definition) is 3. The van der Waals surface area contributed by atoms with Gasteiger partial charge >= 0.3 is 5.69 Å². The van der Waals surface area contributed by atoms with Gasteiger partial charge in [0.25, 0.3) is 5.56 Å². The SMILES string of the molecule is Cc1cccc(/C=N/NC(=O)CSc2n[nH]c(=O)[nH]c2=O)c1. The molecule has 0 radical (unpaired) electrons. The van der Waals surface area contributed by atoms with Gasteiger partial charge in [0, 0.05) is 0 Å². The van der Waals surface area contributed by atoms with Crippen molar-refractivity contribution in [1.82, 2.24) is 20.6 Å². The number of thioether (sulfide) groups is 1. The fraction of sp³-hybridized carbons (Fsp3) is 0.154. The van der Waals surface area contributed by atoms with E-state index in [9.17, 15) is 14.4 Å². The number of aromatic amines is 2. The zero-order chi connectivity index (χ0) is 15.9. The van der Waals surface area contributed by atoms with Crippen LogP contribution >= 0.6 is 11.8 Å². The fourth-order valence-corrected chi connectivity index (χ4v) is 2.15. The molecule has 0 aliphatic heterocycles. The van der Waals surface area contributed by atoms with Gasteiger partial charge in [-0.1, -0.05) is 41.6 Å². The highest BCUT2D eigenvalue weighted by Gasteiger charge is 2.06. The molecular weight excluding hydrogens is 306 g/mol. The largest absolute Gasteiger partial charge is 0.342 e. The van der Waals surface area contributed by atoms with Crippen LogP contribution in [0.5, 0.6) is 0 Å². The Bertz CT molecular complexity index is 812. The van der Waals surface area contributed by atoms with Crippen molar-refractivity contribution in [3.8, 4) is 0 Å². The summed E-state index contributed by atoms with van der Waals surface area (Å²) in [4.78, 5) is 35.8. The Morgan fingerprint density at radius 2 is 2.27 bits per heavy atom. The van der Waals surface area contributed by atoms with Gasteiger partial charge in [-0.2, -0.15) is 10.2 Å². The Morgan fingerprint density at radius 1 is 1.45 bits per heavy atom. The van der Waals surface area contributed by atoms with Crippen LogP contribution in [0.4, 0.5) is 0 Å². The highest BCUT2D eigenvalue weighted by atomic mass is 32.2. The van der Waals surface area contributed by atoms with Gasteiger partial charge in [0.1, 0.15) is 0 Å².